The van der Waals surface area contributed by atoms with Crippen LogP contribution in [0, 0.1) is 6.92 Å². The van der Waals surface area contributed by atoms with Crippen molar-refractivity contribution in [2.45, 2.75) is 6.92 Å². The molecular formula is C23H24ClN3O3S. The maximum Gasteiger partial charge on any atom is 0.246 e. The monoisotopic (exact) mass is 457 g/mol. The van der Waals surface area contributed by atoms with Crippen molar-refractivity contribution in [1.82, 2.24) is 9.88 Å². The number of hydrogen-bond acceptors (Lipinski definition) is 6. The Hall–Kier alpha value is -2.77. The zero-order chi connectivity index (χ0) is 22.0. The van der Waals surface area contributed by atoms with Crippen molar-refractivity contribution >= 4 is 50.3 Å². The molecular weight excluding hydrogens is 434 g/mol. The van der Waals surface area contributed by atoms with E-state index < -0.39 is 0 Å². The summed E-state index contributed by atoms with van der Waals surface area (Å²) in [6.45, 7) is 4.83. The molecule has 31 heavy (non-hydrogen) atoms. The van der Waals surface area contributed by atoms with Crippen LogP contribution in [-0.4, -0.2) is 56.2 Å². The van der Waals surface area contributed by atoms with Crippen LogP contribution in [-0.2, 0) is 4.79 Å². The van der Waals surface area contributed by atoms with Crippen molar-refractivity contribution in [3.05, 3.63) is 52.6 Å². The van der Waals surface area contributed by atoms with E-state index in [1.165, 1.54) is 0 Å². The Morgan fingerprint density at radius 3 is 2.52 bits per heavy atom. The second-order valence-corrected chi connectivity index (χ2v) is 8.68. The Bertz CT molecular complexity index is 1100. The predicted molar refractivity (Wildman–Crippen MR) is 127 cm³/mol. The minimum atomic E-state index is -0.00220. The summed E-state index contributed by atoms with van der Waals surface area (Å²) in [7, 11) is 3.19. The topological polar surface area (TPSA) is 54.9 Å². The van der Waals surface area contributed by atoms with Crippen LogP contribution in [0.25, 0.3) is 16.3 Å². The lowest BCUT2D eigenvalue weighted by molar-refractivity contribution is -0.126. The second kappa shape index (κ2) is 9.16. The molecule has 2 aromatic carbocycles. The number of rotatable bonds is 5. The van der Waals surface area contributed by atoms with Gasteiger partial charge >= 0.3 is 0 Å². The summed E-state index contributed by atoms with van der Waals surface area (Å²) >= 11 is 7.96. The molecule has 0 unspecified atom stereocenters. The van der Waals surface area contributed by atoms with Crippen molar-refractivity contribution in [3.63, 3.8) is 0 Å². The van der Waals surface area contributed by atoms with Crippen molar-refractivity contribution in [3.8, 4) is 11.5 Å². The molecule has 162 valence electrons. The highest BCUT2D eigenvalue weighted by Crippen LogP contribution is 2.36. The number of piperazine rings is 1. The number of hydrogen-bond donors (Lipinski definition) is 0. The standard InChI is InChI=1S/C23H24ClN3O3S/c1-15-4-7-17(24)22-21(15)25-23(31-22)27-12-10-26(11-13-27)20(28)9-6-16-5-8-18(29-2)19(14-16)30-3/h4-9,14H,10-13H2,1-3H3/b9-6-. The average molecular weight is 458 g/mol. The van der Waals surface area contributed by atoms with Gasteiger partial charge in [-0.2, -0.15) is 0 Å². The Balaban J connectivity index is 1.40. The number of ether oxygens (including phenoxy) is 2. The zero-order valence-electron chi connectivity index (χ0n) is 17.7. The third-order valence-electron chi connectivity index (χ3n) is 5.37. The molecule has 0 N–H and O–H groups in total. The lowest BCUT2D eigenvalue weighted by Gasteiger charge is -2.34. The van der Waals surface area contributed by atoms with Crippen LogP contribution in [0.2, 0.25) is 5.02 Å². The van der Waals surface area contributed by atoms with Crippen LogP contribution < -0.4 is 14.4 Å². The Labute approximate surface area is 190 Å². The largest absolute Gasteiger partial charge is 0.493 e. The number of aryl methyl sites for hydroxylation is 1. The van der Waals surface area contributed by atoms with E-state index in [2.05, 4.69) is 4.90 Å². The number of thiazole rings is 1. The molecule has 0 saturated carbocycles. The van der Waals surface area contributed by atoms with E-state index in [0.29, 0.717) is 24.6 Å². The fourth-order valence-corrected chi connectivity index (χ4v) is 4.94. The van der Waals surface area contributed by atoms with Gasteiger partial charge in [0, 0.05) is 32.3 Å². The van der Waals surface area contributed by atoms with Gasteiger partial charge in [0.1, 0.15) is 0 Å². The molecule has 2 heterocycles. The first-order valence-corrected chi connectivity index (χ1v) is 11.2. The number of benzene rings is 2. The predicted octanol–water partition coefficient (Wildman–Crippen LogP) is 4.64. The minimum Gasteiger partial charge on any atom is -0.493 e. The van der Waals surface area contributed by atoms with E-state index in [0.717, 1.165) is 44.6 Å². The van der Waals surface area contributed by atoms with E-state index in [1.54, 1.807) is 37.7 Å². The summed E-state index contributed by atoms with van der Waals surface area (Å²) in [5.74, 6) is 1.29. The van der Waals surface area contributed by atoms with Crippen LogP contribution in [0.4, 0.5) is 5.13 Å². The number of aromatic nitrogens is 1. The van der Waals surface area contributed by atoms with Gasteiger partial charge in [-0.05, 0) is 42.3 Å². The van der Waals surface area contributed by atoms with Gasteiger partial charge in [0.05, 0.1) is 29.5 Å². The third kappa shape index (κ3) is 4.48. The second-order valence-electron chi connectivity index (χ2n) is 7.30. The number of halogens is 1. The number of carbonyl (C=O) groups is 1. The average Bonchev–Trinajstić information content (AvgIpc) is 3.27. The molecule has 0 aliphatic carbocycles. The molecule has 0 radical (unpaired) electrons. The van der Waals surface area contributed by atoms with Crippen LogP contribution in [0.1, 0.15) is 11.1 Å². The Morgan fingerprint density at radius 1 is 1.10 bits per heavy atom. The van der Waals surface area contributed by atoms with Gasteiger partial charge in [0.2, 0.25) is 5.91 Å². The van der Waals surface area contributed by atoms with Crippen molar-refractivity contribution < 1.29 is 14.3 Å². The molecule has 1 aromatic heterocycles. The molecule has 6 nitrogen and oxygen atoms in total. The fourth-order valence-electron chi connectivity index (χ4n) is 3.57. The van der Waals surface area contributed by atoms with Gasteiger partial charge in [0.15, 0.2) is 16.6 Å². The number of carbonyl (C=O) groups excluding carboxylic acids is 1. The lowest BCUT2D eigenvalue weighted by atomic mass is 10.2. The number of nitrogens with zero attached hydrogens (tertiary/aromatic N) is 3. The smallest absolute Gasteiger partial charge is 0.246 e. The van der Waals surface area contributed by atoms with E-state index in [9.17, 15) is 4.79 Å². The molecule has 4 rings (SSSR count). The van der Waals surface area contributed by atoms with Gasteiger partial charge in [-0.1, -0.05) is 35.1 Å². The first kappa shape index (κ1) is 21.5. The van der Waals surface area contributed by atoms with Crippen LogP contribution >= 0.6 is 22.9 Å². The summed E-state index contributed by atoms with van der Waals surface area (Å²) < 4.78 is 11.6. The quantitative estimate of drug-likeness (QED) is 0.522. The molecule has 1 saturated heterocycles. The van der Waals surface area contributed by atoms with Gasteiger partial charge in [-0.25, -0.2) is 4.98 Å². The fraction of sp³-hybridized carbons (Fsp3) is 0.304. The number of anilines is 1. The van der Waals surface area contributed by atoms with E-state index in [4.69, 9.17) is 26.1 Å². The normalized spacial score (nSPS) is 14.5. The van der Waals surface area contributed by atoms with Crippen molar-refractivity contribution in [2.75, 3.05) is 45.3 Å². The van der Waals surface area contributed by atoms with Crippen LogP contribution in [0.15, 0.2) is 36.4 Å². The molecule has 8 heteroatoms. The minimum absolute atomic E-state index is 0.00220. The lowest BCUT2D eigenvalue weighted by Crippen LogP contribution is -2.48. The zero-order valence-corrected chi connectivity index (χ0v) is 19.3. The molecule has 1 amide bonds. The summed E-state index contributed by atoms with van der Waals surface area (Å²) in [6, 6.07) is 9.48. The molecule has 0 atom stereocenters. The van der Waals surface area contributed by atoms with Crippen molar-refractivity contribution in [2.24, 2.45) is 0 Å². The molecule has 1 fully saturated rings. The highest BCUT2D eigenvalue weighted by molar-refractivity contribution is 7.22. The highest BCUT2D eigenvalue weighted by atomic mass is 35.5. The number of fused-ring (bicyclic) bond motifs is 1. The molecule has 0 spiro atoms. The van der Waals surface area contributed by atoms with E-state index >= 15 is 0 Å². The van der Waals surface area contributed by atoms with E-state index in [1.807, 2.05) is 42.2 Å². The van der Waals surface area contributed by atoms with Gasteiger partial charge < -0.3 is 19.3 Å². The third-order valence-corrected chi connectivity index (χ3v) is 6.95. The summed E-state index contributed by atoms with van der Waals surface area (Å²) in [4.78, 5) is 21.5. The molecule has 1 aliphatic rings. The maximum absolute atomic E-state index is 12.7. The maximum atomic E-state index is 12.7. The van der Waals surface area contributed by atoms with Gasteiger partial charge in [-0.15, -0.1) is 0 Å². The first-order chi connectivity index (χ1) is 15.0. The van der Waals surface area contributed by atoms with Gasteiger partial charge in [0.25, 0.3) is 0 Å². The number of amides is 1. The Morgan fingerprint density at radius 2 is 1.84 bits per heavy atom. The highest BCUT2D eigenvalue weighted by Gasteiger charge is 2.22. The molecule has 1 aliphatic heterocycles. The summed E-state index contributed by atoms with van der Waals surface area (Å²) in [5.41, 5.74) is 2.96. The van der Waals surface area contributed by atoms with Crippen molar-refractivity contribution in [1.29, 1.82) is 0 Å². The molecule has 0 bridgehead atoms. The Kier molecular flexibility index (Phi) is 6.34. The van der Waals surface area contributed by atoms with Crippen LogP contribution in [0.3, 0.4) is 0 Å². The SMILES string of the molecule is COc1ccc(/C=C\C(=O)N2CCN(c3nc4c(C)ccc(Cl)c4s3)CC2)cc1OC. The summed E-state index contributed by atoms with van der Waals surface area (Å²) in [5, 5.41) is 1.69. The van der Waals surface area contributed by atoms with E-state index in [-0.39, 0.29) is 5.91 Å². The summed E-state index contributed by atoms with van der Waals surface area (Å²) in [6.07, 6.45) is 3.41. The first-order valence-electron chi connectivity index (χ1n) is 9.99. The number of methoxy groups -OCH3 is 2. The van der Waals surface area contributed by atoms with Crippen LogP contribution in [0.5, 0.6) is 11.5 Å². The molecule has 3 aromatic rings. The van der Waals surface area contributed by atoms with Gasteiger partial charge in [-0.3, -0.25) is 4.79 Å².